The van der Waals surface area contributed by atoms with Crippen molar-refractivity contribution in [3.8, 4) is 5.69 Å². The molecule has 8 heteroatoms. The van der Waals surface area contributed by atoms with Gasteiger partial charge in [0.15, 0.2) is 5.16 Å². The summed E-state index contributed by atoms with van der Waals surface area (Å²) in [6.45, 7) is 0.615. The van der Waals surface area contributed by atoms with E-state index in [1.807, 2.05) is 52.7 Å². The number of hydrogen-bond acceptors (Lipinski definition) is 5. The number of amides is 1. The van der Waals surface area contributed by atoms with Gasteiger partial charge in [-0.2, -0.15) is 11.3 Å². The first-order chi connectivity index (χ1) is 11.6. The number of thiophene rings is 1. The molecule has 0 unspecified atom stereocenters. The Labute approximate surface area is 153 Å². The molecule has 0 fully saturated rings. The van der Waals surface area contributed by atoms with Crippen LogP contribution in [-0.4, -0.2) is 38.4 Å². The smallest absolute Gasteiger partial charge is 0.233 e. The zero-order chi connectivity index (χ0) is 16.9. The van der Waals surface area contributed by atoms with Crippen molar-refractivity contribution in [3.63, 3.8) is 0 Å². The third kappa shape index (κ3) is 4.17. The quantitative estimate of drug-likeness (QED) is 0.613. The molecular weight excluding hydrogens is 364 g/mol. The summed E-state index contributed by atoms with van der Waals surface area (Å²) < 4.78 is 1.82. The lowest BCUT2D eigenvalue weighted by molar-refractivity contribution is -0.127. The van der Waals surface area contributed by atoms with Gasteiger partial charge in [-0.3, -0.25) is 9.36 Å². The Morgan fingerprint density at radius 3 is 3.04 bits per heavy atom. The molecule has 3 aromatic rings. The Hall–Kier alpha value is -1.83. The highest BCUT2D eigenvalue weighted by atomic mass is 35.5. The highest BCUT2D eigenvalue weighted by Gasteiger charge is 2.14. The van der Waals surface area contributed by atoms with Crippen molar-refractivity contribution >= 4 is 40.6 Å². The predicted molar refractivity (Wildman–Crippen MR) is 97.9 cm³/mol. The summed E-state index contributed by atoms with van der Waals surface area (Å²) in [6, 6.07) is 9.46. The topological polar surface area (TPSA) is 51.0 Å². The van der Waals surface area contributed by atoms with Crippen LogP contribution in [0.5, 0.6) is 0 Å². The first kappa shape index (κ1) is 17.0. The molecule has 0 bridgehead atoms. The fourth-order valence-corrected chi connectivity index (χ4v) is 3.82. The number of rotatable bonds is 6. The standard InChI is InChI=1S/C16H15ClN4OS2/c1-20(8-12-5-6-23-9-12)15(22)10-24-16-19-18-11-21(16)14-4-2-3-13(17)7-14/h2-7,9,11H,8,10H2,1H3. The Balaban J connectivity index is 1.63. The van der Waals surface area contributed by atoms with Crippen molar-refractivity contribution in [3.05, 3.63) is 58.0 Å². The lowest BCUT2D eigenvalue weighted by Crippen LogP contribution is -2.27. The predicted octanol–water partition coefficient (Wildman–Crippen LogP) is 3.73. The molecule has 0 aliphatic carbocycles. The summed E-state index contributed by atoms with van der Waals surface area (Å²) in [5.74, 6) is 0.353. The fourth-order valence-electron chi connectivity index (χ4n) is 2.11. The van der Waals surface area contributed by atoms with Crippen LogP contribution in [0.3, 0.4) is 0 Å². The van der Waals surface area contributed by atoms with Crippen LogP contribution in [-0.2, 0) is 11.3 Å². The van der Waals surface area contributed by atoms with Gasteiger partial charge in [0.05, 0.1) is 11.4 Å². The molecule has 0 saturated heterocycles. The van der Waals surface area contributed by atoms with Gasteiger partial charge in [-0.1, -0.05) is 29.4 Å². The zero-order valence-corrected chi connectivity index (χ0v) is 15.3. The Morgan fingerprint density at radius 2 is 2.29 bits per heavy atom. The van der Waals surface area contributed by atoms with Gasteiger partial charge in [0, 0.05) is 18.6 Å². The fraction of sp³-hybridized carbons (Fsp3) is 0.188. The molecule has 5 nitrogen and oxygen atoms in total. The first-order valence-corrected chi connectivity index (χ1v) is 9.48. The van der Waals surface area contributed by atoms with E-state index in [1.165, 1.54) is 11.8 Å². The average Bonchev–Trinajstić information content (AvgIpc) is 3.23. The molecule has 0 atom stereocenters. The molecule has 24 heavy (non-hydrogen) atoms. The van der Waals surface area contributed by atoms with Crippen LogP contribution in [0.1, 0.15) is 5.56 Å². The maximum absolute atomic E-state index is 12.3. The van der Waals surface area contributed by atoms with Crippen LogP contribution in [0.25, 0.3) is 5.69 Å². The summed E-state index contributed by atoms with van der Waals surface area (Å²) in [5, 5.41) is 13.4. The SMILES string of the molecule is CN(Cc1ccsc1)C(=O)CSc1nncn1-c1cccc(Cl)c1. The number of carbonyl (C=O) groups excluding carboxylic acids is 1. The third-order valence-corrected chi connectivity index (χ3v) is 5.25. The lowest BCUT2D eigenvalue weighted by Gasteiger charge is -2.16. The van der Waals surface area contributed by atoms with E-state index in [2.05, 4.69) is 10.2 Å². The van der Waals surface area contributed by atoms with Gasteiger partial charge < -0.3 is 4.90 Å². The van der Waals surface area contributed by atoms with Gasteiger partial charge >= 0.3 is 0 Å². The summed E-state index contributed by atoms with van der Waals surface area (Å²) >= 11 is 9.02. The molecule has 0 radical (unpaired) electrons. The van der Waals surface area contributed by atoms with Gasteiger partial charge in [0.25, 0.3) is 0 Å². The molecule has 0 saturated carbocycles. The van der Waals surface area contributed by atoms with Crippen LogP contribution in [0.2, 0.25) is 5.02 Å². The second-order valence-electron chi connectivity index (χ2n) is 5.13. The van der Waals surface area contributed by atoms with E-state index in [0.29, 0.717) is 22.5 Å². The molecular formula is C16H15ClN4OS2. The molecule has 1 aromatic carbocycles. The van der Waals surface area contributed by atoms with Crippen molar-refractivity contribution in [2.75, 3.05) is 12.8 Å². The monoisotopic (exact) mass is 378 g/mol. The molecule has 1 amide bonds. The number of halogens is 1. The number of aromatic nitrogens is 3. The number of nitrogens with zero attached hydrogens (tertiary/aromatic N) is 4. The second kappa shape index (κ2) is 7.83. The van der Waals surface area contributed by atoms with Crippen molar-refractivity contribution in [2.45, 2.75) is 11.7 Å². The zero-order valence-electron chi connectivity index (χ0n) is 12.9. The summed E-state index contributed by atoms with van der Waals surface area (Å²) in [6.07, 6.45) is 1.62. The highest BCUT2D eigenvalue weighted by molar-refractivity contribution is 7.99. The van der Waals surface area contributed by atoms with Crippen LogP contribution in [0.15, 0.2) is 52.6 Å². The van der Waals surface area contributed by atoms with Crippen LogP contribution < -0.4 is 0 Å². The normalized spacial score (nSPS) is 10.8. The molecule has 0 aliphatic heterocycles. The van der Waals surface area contributed by atoms with Crippen LogP contribution in [0.4, 0.5) is 0 Å². The van der Waals surface area contributed by atoms with E-state index in [-0.39, 0.29) is 5.91 Å². The van der Waals surface area contributed by atoms with Gasteiger partial charge in [-0.05, 0) is 40.6 Å². The maximum atomic E-state index is 12.3. The average molecular weight is 379 g/mol. The summed E-state index contributed by atoms with van der Waals surface area (Å²) in [4.78, 5) is 14.0. The molecule has 2 aromatic heterocycles. The van der Waals surface area contributed by atoms with Gasteiger partial charge in [0.1, 0.15) is 6.33 Å². The number of thioether (sulfide) groups is 1. The van der Waals surface area contributed by atoms with E-state index in [0.717, 1.165) is 11.3 Å². The molecule has 0 spiro atoms. The van der Waals surface area contributed by atoms with Crippen molar-refractivity contribution in [1.82, 2.24) is 19.7 Å². The van der Waals surface area contributed by atoms with Crippen LogP contribution >= 0.6 is 34.7 Å². The van der Waals surface area contributed by atoms with E-state index in [9.17, 15) is 4.79 Å². The van der Waals surface area contributed by atoms with E-state index in [1.54, 1.807) is 22.6 Å². The summed E-state index contributed by atoms with van der Waals surface area (Å²) in [7, 11) is 1.81. The minimum atomic E-state index is 0.0480. The largest absolute Gasteiger partial charge is 0.341 e. The lowest BCUT2D eigenvalue weighted by atomic mass is 10.3. The maximum Gasteiger partial charge on any atom is 0.233 e. The second-order valence-corrected chi connectivity index (χ2v) is 7.29. The molecule has 124 valence electrons. The summed E-state index contributed by atoms with van der Waals surface area (Å²) in [5.41, 5.74) is 2.01. The van der Waals surface area contributed by atoms with E-state index >= 15 is 0 Å². The molecule has 3 rings (SSSR count). The van der Waals surface area contributed by atoms with Crippen LogP contribution in [0, 0.1) is 0 Å². The van der Waals surface area contributed by atoms with Gasteiger partial charge in [0.2, 0.25) is 5.91 Å². The Bertz CT molecular complexity index is 819. The number of carbonyl (C=O) groups is 1. The Morgan fingerprint density at radius 1 is 1.42 bits per heavy atom. The minimum absolute atomic E-state index is 0.0480. The van der Waals surface area contributed by atoms with Crippen molar-refractivity contribution < 1.29 is 4.79 Å². The first-order valence-electron chi connectivity index (χ1n) is 7.17. The molecule has 2 heterocycles. The molecule has 0 N–H and O–H groups in total. The third-order valence-electron chi connectivity index (χ3n) is 3.35. The number of benzene rings is 1. The molecule has 0 aliphatic rings. The van der Waals surface area contributed by atoms with Crippen molar-refractivity contribution in [1.29, 1.82) is 0 Å². The van der Waals surface area contributed by atoms with Gasteiger partial charge in [-0.15, -0.1) is 10.2 Å². The van der Waals surface area contributed by atoms with Crippen molar-refractivity contribution in [2.24, 2.45) is 0 Å². The highest BCUT2D eigenvalue weighted by Crippen LogP contribution is 2.22. The van der Waals surface area contributed by atoms with E-state index < -0.39 is 0 Å². The number of hydrogen-bond donors (Lipinski definition) is 0. The minimum Gasteiger partial charge on any atom is -0.341 e. The van der Waals surface area contributed by atoms with E-state index in [4.69, 9.17) is 11.6 Å². The van der Waals surface area contributed by atoms with Gasteiger partial charge in [-0.25, -0.2) is 0 Å². The Kier molecular flexibility index (Phi) is 5.55.